The van der Waals surface area contributed by atoms with Crippen LogP contribution in [0.15, 0.2) is 35.0 Å². The molecule has 1 atom stereocenters. The van der Waals surface area contributed by atoms with Crippen molar-refractivity contribution in [2.45, 2.75) is 43.1 Å². The number of furan rings is 1. The maximum atomic E-state index is 12.5. The molecule has 0 radical (unpaired) electrons. The van der Waals surface area contributed by atoms with Gasteiger partial charge in [0.1, 0.15) is 11.5 Å². The zero-order valence-corrected chi connectivity index (χ0v) is 14.0. The third kappa shape index (κ3) is 3.86. The number of carbonyl (C=O) groups excluding carboxylic acids is 1. The summed E-state index contributed by atoms with van der Waals surface area (Å²) in [6.45, 7) is 1.09. The third-order valence-electron chi connectivity index (χ3n) is 4.80. The molecule has 0 saturated carbocycles. The summed E-state index contributed by atoms with van der Waals surface area (Å²) in [6, 6.07) is 3.39. The van der Waals surface area contributed by atoms with Crippen LogP contribution in [-0.4, -0.2) is 37.6 Å². The van der Waals surface area contributed by atoms with Gasteiger partial charge in [0.15, 0.2) is 9.84 Å². The molecular formula is C17H23NO4S. The van der Waals surface area contributed by atoms with E-state index in [1.807, 2.05) is 4.90 Å². The van der Waals surface area contributed by atoms with Crippen molar-refractivity contribution in [2.75, 3.05) is 13.1 Å². The third-order valence-corrected chi connectivity index (χ3v) is 6.98. The Morgan fingerprint density at radius 1 is 1.22 bits per heavy atom. The Balaban J connectivity index is 1.55. The number of likely N-dealkylation sites (tertiary alicyclic amines) is 1. The number of hydrogen-bond acceptors (Lipinski definition) is 4. The first-order chi connectivity index (χ1) is 11.1. The fraction of sp³-hybridized carbons (Fsp3) is 0.588. The second-order valence-electron chi connectivity index (χ2n) is 6.39. The number of rotatable bonds is 4. The number of amides is 1. The minimum Gasteiger partial charge on any atom is -0.468 e. The molecule has 126 valence electrons. The topological polar surface area (TPSA) is 67.6 Å². The van der Waals surface area contributed by atoms with Gasteiger partial charge in [-0.15, -0.1) is 0 Å². The summed E-state index contributed by atoms with van der Waals surface area (Å²) in [5, 5.41) is -0.372. The first-order valence-electron chi connectivity index (χ1n) is 8.24. The summed E-state index contributed by atoms with van der Waals surface area (Å²) in [5.41, 5.74) is 0. The fourth-order valence-electron chi connectivity index (χ4n) is 3.42. The van der Waals surface area contributed by atoms with Gasteiger partial charge in [-0.05, 0) is 44.2 Å². The number of sulfone groups is 1. The highest BCUT2D eigenvalue weighted by atomic mass is 32.2. The van der Waals surface area contributed by atoms with E-state index in [2.05, 4.69) is 12.2 Å². The lowest BCUT2D eigenvalue weighted by Crippen LogP contribution is -2.45. The Labute approximate surface area is 137 Å². The largest absolute Gasteiger partial charge is 0.468 e. The number of nitrogens with zero attached hydrogens (tertiary/aromatic N) is 1. The van der Waals surface area contributed by atoms with Crippen molar-refractivity contribution in [3.8, 4) is 0 Å². The molecule has 3 rings (SSSR count). The average Bonchev–Trinajstić information content (AvgIpc) is 3.07. The van der Waals surface area contributed by atoms with E-state index in [9.17, 15) is 13.2 Å². The first-order valence-corrected chi connectivity index (χ1v) is 9.95. The maximum Gasteiger partial charge on any atom is 0.226 e. The Morgan fingerprint density at radius 3 is 2.61 bits per heavy atom. The Hall–Kier alpha value is -1.56. The molecule has 0 spiro atoms. The van der Waals surface area contributed by atoms with E-state index in [1.54, 1.807) is 12.1 Å². The molecule has 5 nitrogen and oxygen atoms in total. The Morgan fingerprint density at radius 2 is 2.00 bits per heavy atom. The van der Waals surface area contributed by atoms with Gasteiger partial charge in [-0.3, -0.25) is 4.79 Å². The van der Waals surface area contributed by atoms with Crippen LogP contribution in [0.4, 0.5) is 0 Å². The van der Waals surface area contributed by atoms with Crippen LogP contribution >= 0.6 is 0 Å². The molecule has 2 aliphatic rings. The van der Waals surface area contributed by atoms with Crippen LogP contribution in [0.3, 0.4) is 0 Å². The van der Waals surface area contributed by atoms with Crippen molar-refractivity contribution in [1.29, 1.82) is 0 Å². The van der Waals surface area contributed by atoms with E-state index in [0.717, 1.165) is 19.3 Å². The van der Waals surface area contributed by atoms with E-state index in [-0.39, 0.29) is 22.8 Å². The van der Waals surface area contributed by atoms with Gasteiger partial charge in [0.05, 0.1) is 11.5 Å². The van der Waals surface area contributed by atoms with Crippen LogP contribution in [0.25, 0.3) is 0 Å². The summed E-state index contributed by atoms with van der Waals surface area (Å²) in [6.07, 6.45) is 9.43. The van der Waals surface area contributed by atoms with Crippen LogP contribution < -0.4 is 0 Å². The van der Waals surface area contributed by atoms with Gasteiger partial charge < -0.3 is 9.32 Å². The zero-order chi connectivity index (χ0) is 16.3. The van der Waals surface area contributed by atoms with Crippen molar-refractivity contribution in [1.82, 2.24) is 4.90 Å². The van der Waals surface area contributed by atoms with Crippen LogP contribution in [0, 0.1) is 5.92 Å². The average molecular weight is 337 g/mol. The molecule has 1 aromatic heterocycles. The fourth-order valence-corrected chi connectivity index (χ4v) is 5.15. The highest BCUT2D eigenvalue weighted by molar-refractivity contribution is 7.91. The van der Waals surface area contributed by atoms with E-state index in [4.69, 9.17) is 4.42 Å². The van der Waals surface area contributed by atoms with Gasteiger partial charge >= 0.3 is 0 Å². The molecule has 1 saturated heterocycles. The van der Waals surface area contributed by atoms with Crippen LogP contribution in [0.2, 0.25) is 0 Å². The minimum atomic E-state index is -3.22. The molecule has 0 N–H and O–H groups in total. The lowest BCUT2D eigenvalue weighted by molar-refractivity contribution is -0.136. The molecule has 6 heteroatoms. The number of piperidine rings is 1. The standard InChI is InChI=1S/C17H23NO4S/c19-17(14-5-2-1-3-6-14)18-10-8-16(9-11-18)23(20,21)13-15-7-4-12-22-15/h1-2,4,7,12,14,16H,3,5-6,8-11,13H2. The lowest BCUT2D eigenvalue weighted by Gasteiger charge is -2.34. The number of allylic oxidation sites excluding steroid dienone is 2. The lowest BCUT2D eigenvalue weighted by atomic mass is 9.92. The summed E-state index contributed by atoms with van der Waals surface area (Å²) >= 11 is 0. The van der Waals surface area contributed by atoms with E-state index in [0.29, 0.717) is 31.7 Å². The summed E-state index contributed by atoms with van der Waals surface area (Å²) in [4.78, 5) is 14.3. The Kier molecular flexibility index (Phi) is 4.90. The molecule has 1 fully saturated rings. The van der Waals surface area contributed by atoms with Gasteiger partial charge in [0.2, 0.25) is 5.91 Å². The zero-order valence-electron chi connectivity index (χ0n) is 13.2. The Bertz CT molecular complexity index is 655. The molecule has 2 heterocycles. The first kappa shape index (κ1) is 16.3. The SMILES string of the molecule is O=C(C1CC=CCC1)N1CCC(S(=O)(=O)Cc2ccco2)CC1. The van der Waals surface area contributed by atoms with Gasteiger partial charge in [-0.25, -0.2) is 8.42 Å². The van der Waals surface area contributed by atoms with Crippen molar-refractivity contribution in [2.24, 2.45) is 5.92 Å². The van der Waals surface area contributed by atoms with Crippen LogP contribution in [0.1, 0.15) is 37.9 Å². The summed E-state index contributed by atoms with van der Waals surface area (Å²) < 4.78 is 30.1. The number of carbonyl (C=O) groups is 1. The highest BCUT2D eigenvalue weighted by Crippen LogP contribution is 2.26. The molecule has 1 unspecified atom stereocenters. The highest BCUT2D eigenvalue weighted by Gasteiger charge is 2.34. The van der Waals surface area contributed by atoms with Gasteiger partial charge in [0, 0.05) is 19.0 Å². The minimum absolute atomic E-state index is 0.0496. The van der Waals surface area contributed by atoms with Gasteiger partial charge in [-0.2, -0.15) is 0 Å². The van der Waals surface area contributed by atoms with Crippen molar-refractivity contribution < 1.29 is 17.6 Å². The second kappa shape index (κ2) is 6.91. The summed E-state index contributed by atoms with van der Waals surface area (Å²) in [7, 11) is -3.22. The van der Waals surface area contributed by atoms with Gasteiger partial charge in [-0.1, -0.05) is 12.2 Å². The van der Waals surface area contributed by atoms with E-state index in [1.165, 1.54) is 6.26 Å². The van der Waals surface area contributed by atoms with Crippen molar-refractivity contribution in [3.05, 3.63) is 36.3 Å². The normalized spacial score (nSPS) is 23.1. The predicted molar refractivity (Wildman–Crippen MR) is 87.4 cm³/mol. The smallest absolute Gasteiger partial charge is 0.226 e. The van der Waals surface area contributed by atoms with E-state index >= 15 is 0 Å². The van der Waals surface area contributed by atoms with Crippen molar-refractivity contribution in [3.63, 3.8) is 0 Å². The molecule has 1 amide bonds. The number of hydrogen-bond donors (Lipinski definition) is 0. The molecule has 1 aliphatic carbocycles. The predicted octanol–water partition coefficient (Wildman–Crippen LogP) is 2.54. The molecule has 0 bridgehead atoms. The molecule has 23 heavy (non-hydrogen) atoms. The monoisotopic (exact) mass is 337 g/mol. The second-order valence-corrected chi connectivity index (χ2v) is 8.67. The molecule has 1 aliphatic heterocycles. The maximum absolute atomic E-state index is 12.5. The quantitative estimate of drug-likeness (QED) is 0.792. The summed E-state index contributed by atoms with van der Waals surface area (Å²) in [5.74, 6) is 0.705. The molecule has 0 aromatic carbocycles. The molecule has 1 aromatic rings. The molecular weight excluding hydrogens is 314 g/mol. The van der Waals surface area contributed by atoms with Crippen LogP contribution in [-0.2, 0) is 20.4 Å². The van der Waals surface area contributed by atoms with Crippen molar-refractivity contribution >= 4 is 15.7 Å². The van der Waals surface area contributed by atoms with E-state index < -0.39 is 9.84 Å². The van der Waals surface area contributed by atoms with Gasteiger partial charge in [0.25, 0.3) is 0 Å². The van der Waals surface area contributed by atoms with Crippen LogP contribution in [0.5, 0.6) is 0 Å².